The average molecular weight is 352 g/mol. The molecule has 0 unspecified atom stereocenters. The van der Waals surface area contributed by atoms with E-state index in [0.717, 1.165) is 12.8 Å². The quantitative estimate of drug-likeness (QED) is 0.429. The largest absolute Gasteiger partial charge is 0.481 e. The third kappa shape index (κ3) is 8.47. The fourth-order valence-corrected chi connectivity index (χ4v) is 3.21. The number of aliphatic carboxylic acids is 1. The maximum absolute atomic E-state index is 10.5. The van der Waals surface area contributed by atoms with Crippen molar-refractivity contribution in [3.63, 3.8) is 0 Å². The maximum atomic E-state index is 10.5. The molecule has 25 heavy (non-hydrogen) atoms. The number of rotatable bonds is 11. The minimum Gasteiger partial charge on any atom is -0.481 e. The van der Waals surface area contributed by atoms with E-state index >= 15 is 0 Å². The normalized spacial score (nSPS) is 28.5. The first-order valence-electron chi connectivity index (χ1n) is 9.20. The highest BCUT2D eigenvalue weighted by Gasteiger charge is 2.39. The summed E-state index contributed by atoms with van der Waals surface area (Å²) in [5, 5.41) is 38.8. The lowest BCUT2D eigenvalue weighted by Gasteiger charge is -2.19. The van der Waals surface area contributed by atoms with Crippen LogP contribution in [0, 0.1) is 11.8 Å². The molecule has 0 aromatic heterocycles. The van der Waals surface area contributed by atoms with Crippen LogP contribution in [0.5, 0.6) is 0 Å². The van der Waals surface area contributed by atoms with Gasteiger partial charge in [-0.05, 0) is 38.0 Å². The van der Waals surface area contributed by atoms with Gasteiger partial charge in [0.05, 0.1) is 18.3 Å². The monoisotopic (exact) mass is 352 g/mol. The molecule has 0 aromatic rings. The van der Waals surface area contributed by atoms with Crippen molar-refractivity contribution in [1.82, 2.24) is 0 Å². The molecule has 1 saturated carbocycles. The van der Waals surface area contributed by atoms with E-state index < -0.39 is 24.3 Å². The summed E-state index contributed by atoms with van der Waals surface area (Å²) >= 11 is 0. The number of hydrogen-bond donors (Lipinski definition) is 4. The summed E-state index contributed by atoms with van der Waals surface area (Å²) in [4.78, 5) is 10.5. The molecule has 5 nitrogen and oxygen atoms in total. The highest BCUT2D eigenvalue weighted by atomic mass is 16.4. The molecule has 1 rings (SSSR count). The molecule has 0 aromatic carbocycles. The predicted octanol–water partition coefficient (Wildman–Crippen LogP) is 2.82. The first-order valence-corrected chi connectivity index (χ1v) is 9.20. The van der Waals surface area contributed by atoms with Gasteiger partial charge in [-0.15, -0.1) is 0 Å². The number of aliphatic hydroxyl groups is 3. The first-order chi connectivity index (χ1) is 12.0. The van der Waals surface area contributed by atoms with Crippen molar-refractivity contribution in [2.24, 2.45) is 11.8 Å². The summed E-state index contributed by atoms with van der Waals surface area (Å²) in [5.74, 6) is -1.13. The smallest absolute Gasteiger partial charge is 0.303 e. The number of allylic oxidation sites excluding steroid dienone is 4. The van der Waals surface area contributed by atoms with Crippen molar-refractivity contribution in [2.75, 3.05) is 0 Å². The Bertz CT molecular complexity index is 469. The summed E-state index contributed by atoms with van der Waals surface area (Å²) in [5.41, 5.74) is 0. The summed E-state index contributed by atoms with van der Waals surface area (Å²) in [6.07, 6.45) is 13.5. The van der Waals surface area contributed by atoms with Gasteiger partial charge in [-0.2, -0.15) is 0 Å². The number of hydrogen-bond acceptors (Lipinski definition) is 4. The Labute approximate surface area is 150 Å². The van der Waals surface area contributed by atoms with Gasteiger partial charge in [0.25, 0.3) is 0 Å². The van der Waals surface area contributed by atoms with Gasteiger partial charge >= 0.3 is 5.97 Å². The Hall–Kier alpha value is -1.43. The third-order valence-electron chi connectivity index (χ3n) is 4.61. The van der Waals surface area contributed by atoms with Crippen molar-refractivity contribution >= 4 is 5.97 Å². The Balaban J connectivity index is 2.51. The van der Waals surface area contributed by atoms with Crippen LogP contribution in [0.3, 0.4) is 0 Å². The molecule has 0 heterocycles. The number of aliphatic hydroxyl groups excluding tert-OH is 3. The predicted molar refractivity (Wildman–Crippen MR) is 98.0 cm³/mol. The number of carboxylic acids is 1. The molecule has 1 aliphatic rings. The Morgan fingerprint density at radius 3 is 2.56 bits per heavy atom. The summed E-state index contributed by atoms with van der Waals surface area (Å²) < 4.78 is 0. The number of carbonyl (C=O) groups is 1. The van der Waals surface area contributed by atoms with Gasteiger partial charge < -0.3 is 20.4 Å². The van der Waals surface area contributed by atoms with Crippen molar-refractivity contribution in [1.29, 1.82) is 0 Å². The molecule has 0 amide bonds. The molecule has 0 saturated heterocycles. The van der Waals surface area contributed by atoms with Crippen LogP contribution >= 0.6 is 0 Å². The van der Waals surface area contributed by atoms with E-state index in [1.54, 1.807) is 12.2 Å². The zero-order chi connectivity index (χ0) is 18.7. The van der Waals surface area contributed by atoms with Gasteiger partial charge in [-0.3, -0.25) is 4.79 Å². The Kier molecular flexibility index (Phi) is 10.4. The van der Waals surface area contributed by atoms with Crippen molar-refractivity contribution in [3.8, 4) is 0 Å². The molecular weight excluding hydrogens is 320 g/mol. The van der Waals surface area contributed by atoms with Gasteiger partial charge in [-0.1, -0.05) is 43.4 Å². The van der Waals surface area contributed by atoms with Crippen LogP contribution in [0.2, 0.25) is 0 Å². The van der Waals surface area contributed by atoms with E-state index in [4.69, 9.17) is 5.11 Å². The lowest BCUT2D eigenvalue weighted by Crippen LogP contribution is -2.20. The van der Waals surface area contributed by atoms with Crippen LogP contribution in [-0.4, -0.2) is 44.7 Å². The Morgan fingerprint density at radius 1 is 1.16 bits per heavy atom. The highest BCUT2D eigenvalue weighted by molar-refractivity contribution is 5.66. The second kappa shape index (κ2) is 12.0. The minimum atomic E-state index is -0.869. The zero-order valence-electron chi connectivity index (χ0n) is 15.0. The Morgan fingerprint density at radius 2 is 1.88 bits per heavy atom. The van der Waals surface area contributed by atoms with E-state index in [2.05, 4.69) is 25.2 Å². The van der Waals surface area contributed by atoms with E-state index in [-0.39, 0.29) is 18.3 Å². The molecule has 5 atom stereocenters. The van der Waals surface area contributed by atoms with E-state index in [9.17, 15) is 20.1 Å². The average Bonchev–Trinajstić information content (AvgIpc) is 2.81. The van der Waals surface area contributed by atoms with Crippen LogP contribution < -0.4 is 0 Å². The van der Waals surface area contributed by atoms with Gasteiger partial charge in [0.1, 0.15) is 0 Å². The van der Waals surface area contributed by atoms with Gasteiger partial charge in [-0.25, -0.2) is 0 Å². The molecule has 4 N–H and O–H groups in total. The van der Waals surface area contributed by atoms with E-state index in [1.807, 2.05) is 6.08 Å². The molecule has 5 heteroatoms. The van der Waals surface area contributed by atoms with Crippen LogP contribution in [0.25, 0.3) is 0 Å². The summed E-state index contributed by atoms with van der Waals surface area (Å²) in [6, 6.07) is 0. The maximum Gasteiger partial charge on any atom is 0.303 e. The van der Waals surface area contributed by atoms with Gasteiger partial charge in [0.15, 0.2) is 0 Å². The van der Waals surface area contributed by atoms with Gasteiger partial charge in [0.2, 0.25) is 0 Å². The minimum absolute atomic E-state index is 0.0373. The third-order valence-corrected chi connectivity index (χ3v) is 4.61. The fraction of sp³-hybridized carbons (Fsp3) is 0.650. The van der Waals surface area contributed by atoms with Crippen molar-refractivity contribution < 1.29 is 25.2 Å². The molecule has 1 aliphatic carbocycles. The second-order valence-corrected chi connectivity index (χ2v) is 6.67. The molecule has 0 bridgehead atoms. The lowest BCUT2D eigenvalue weighted by molar-refractivity contribution is -0.137. The molecular formula is C20H32O5. The standard InChI is InChI=1S/C20H32O5/c1-2-3-4-5-6-7-10-16-17(19(23)14-18(16)22)13-12-15(21)9-8-11-20(24)25/h3-4,6-7,12-13,15-19,21-23H,2,5,8-11,14H2,1H3,(H,24,25)/b4-3-,7-6-,13-12+/t15-,16-,17+,18-,19+/m1/s1. The summed E-state index contributed by atoms with van der Waals surface area (Å²) in [7, 11) is 0. The van der Waals surface area contributed by atoms with Crippen LogP contribution in [0.1, 0.15) is 51.9 Å². The fourth-order valence-electron chi connectivity index (χ4n) is 3.21. The molecule has 0 aliphatic heterocycles. The molecule has 142 valence electrons. The first kappa shape index (κ1) is 21.6. The summed E-state index contributed by atoms with van der Waals surface area (Å²) in [6.45, 7) is 2.09. The van der Waals surface area contributed by atoms with Crippen molar-refractivity contribution in [3.05, 3.63) is 36.5 Å². The van der Waals surface area contributed by atoms with Gasteiger partial charge in [0, 0.05) is 18.8 Å². The molecule has 0 spiro atoms. The van der Waals surface area contributed by atoms with E-state index in [1.165, 1.54) is 0 Å². The molecule has 0 radical (unpaired) electrons. The molecule has 1 fully saturated rings. The number of carboxylic acid groups (broad SMARTS) is 1. The van der Waals surface area contributed by atoms with Crippen LogP contribution in [0.15, 0.2) is 36.5 Å². The van der Waals surface area contributed by atoms with Crippen LogP contribution in [-0.2, 0) is 4.79 Å². The lowest BCUT2D eigenvalue weighted by atomic mass is 9.89. The van der Waals surface area contributed by atoms with Crippen LogP contribution in [0.4, 0.5) is 0 Å². The highest BCUT2D eigenvalue weighted by Crippen LogP contribution is 2.36. The zero-order valence-corrected chi connectivity index (χ0v) is 15.0. The second-order valence-electron chi connectivity index (χ2n) is 6.67. The topological polar surface area (TPSA) is 98.0 Å². The van der Waals surface area contributed by atoms with Crippen molar-refractivity contribution in [2.45, 2.75) is 70.2 Å². The SMILES string of the molecule is CC/C=C\C/C=C\C[C@@H]1[C@H](/C=C/[C@H](O)CCCC(=O)O)[C@@H](O)C[C@H]1O. The van der Waals surface area contributed by atoms with E-state index in [0.29, 0.717) is 25.7 Å².